The summed E-state index contributed by atoms with van der Waals surface area (Å²) in [6, 6.07) is 14.1. The van der Waals surface area contributed by atoms with Crippen molar-refractivity contribution in [3.8, 4) is 5.75 Å². The maximum atomic E-state index is 5.71. The second-order valence-corrected chi connectivity index (χ2v) is 7.72. The Balaban J connectivity index is 1.64. The van der Waals surface area contributed by atoms with Gasteiger partial charge < -0.3 is 15.4 Å². The van der Waals surface area contributed by atoms with E-state index in [2.05, 4.69) is 33.2 Å². The molecular weight excluding hydrogens is 370 g/mol. The molecule has 2 heterocycles. The van der Waals surface area contributed by atoms with E-state index >= 15 is 0 Å². The van der Waals surface area contributed by atoms with Gasteiger partial charge in [0, 0.05) is 30.4 Å². The first-order valence-corrected chi connectivity index (χ1v) is 10.3. The van der Waals surface area contributed by atoms with Gasteiger partial charge in [0.25, 0.3) is 0 Å². The fraction of sp³-hybridized carbons (Fsp3) is 0.333. The number of thiophene rings is 1. The lowest BCUT2D eigenvalue weighted by Gasteiger charge is -2.14. The van der Waals surface area contributed by atoms with Crippen LogP contribution in [0.4, 0.5) is 5.69 Å². The first-order chi connectivity index (χ1) is 13.6. The van der Waals surface area contributed by atoms with E-state index in [4.69, 9.17) is 9.73 Å². The van der Waals surface area contributed by atoms with Crippen LogP contribution in [0.15, 0.2) is 59.0 Å². The molecule has 0 bridgehead atoms. The summed E-state index contributed by atoms with van der Waals surface area (Å²) in [4.78, 5) is 6.07. The van der Waals surface area contributed by atoms with Crippen LogP contribution < -0.4 is 15.4 Å². The quantitative estimate of drug-likeness (QED) is 0.444. The fourth-order valence-corrected chi connectivity index (χ4v) is 3.35. The van der Waals surface area contributed by atoms with Crippen LogP contribution in [0, 0.1) is 0 Å². The predicted octanol–water partition coefficient (Wildman–Crippen LogP) is 4.07. The highest BCUT2D eigenvalue weighted by Crippen LogP contribution is 2.17. The van der Waals surface area contributed by atoms with Crippen molar-refractivity contribution in [3.63, 3.8) is 0 Å². The van der Waals surface area contributed by atoms with Crippen LogP contribution in [-0.2, 0) is 20.0 Å². The minimum absolute atomic E-state index is 0.161. The van der Waals surface area contributed by atoms with Crippen molar-refractivity contribution < 1.29 is 4.74 Å². The van der Waals surface area contributed by atoms with E-state index in [0.29, 0.717) is 6.54 Å². The summed E-state index contributed by atoms with van der Waals surface area (Å²) in [5, 5.41) is 13.1. The van der Waals surface area contributed by atoms with Gasteiger partial charge in [-0.05, 0) is 62.0 Å². The van der Waals surface area contributed by atoms with Gasteiger partial charge in [0.1, 0.15) is 5.75 Å². The number of benzene rings is 1. The molecule has 0 aliphatic heterocycles. The van der Waals surface area contributed by atoms with E-state index in [0.717, 1.165) is 36.1 Å². The molecule has 0 unspecified atom stereocenters. The van der Waals surface area contributed by atoms with Gasteiger partial charge in [-0.15, -0.1) is 11.3 Å². The third-order valence-corrected chi connectivity index (χ3v) is 4.99. The van der Waals surface area contributed by atoms with Gasteiger partial charge in [-0.2, -0.15) is 5.10 Å². The lowest BCUT2D eigenvalue weighted by molar-refractivity contribution is 0.242. The largest absolute Gasteiger partial charge is 0.491 e. The molecule has 0 amide bonds. The number of nitrogens with zero attached hydrogens (tertiary/aromatic N) is 3. The Morgan fingerprint density at radius 2 is 2.04 bits per heavy atom. The van der Waals surface area contributed by atoms with Gasteiger partial charge in [-0.25, -0.2) is 4.99 Å². The van der Waals surface area contributed by atoms with Crippen molar-refractivity contribution in [2.45, 2.75) is 32.9 Å². The number of aryl methyl sites for hydroxylation is 1. The molecule has 0 spiro atoms. The van der Waals surface area contributed by atoms with Crippen LogP contribution >= 0.6 is 11.3 Å². The van der Waals surface area contributed by atoms with E-state index in [1.807, 2.05) is 55.9 Å². The molecule has 1 aromatic carbocycles. The van der Waals surface area contributed by atoms with Crippen molar-refractivity contribution in [2.75, 3.05) is 11.9 Å². The standard InChI is InChI=1S/C21H27N5OS/c1-16(2)27-19-8-6-17(7-9-19)25-21(22-12-11-20-5-4-14-28-20)23-15-18-10-13-24-26(18)3/h4-10,13-14,16H,11-12,15H2,1-3H3,(H2,22,23,25). The second kappa shape index (κ2) is 9.94. The van der Waals surface area contributed by atoms with Crippen molar-refractivity contribution in [3.05, 3.63) is 64.6 Å². The van der Waals surface area contributed by atoms with Crippen molar-refractivity contribution in [1.29, 1.82) is 0 Å². The third-order valence-electron chi connectivity index (χ3n) is 4.05. The SMILES string of the molecule is CC(C)Oc1ccc(NC(=NCc2ccnn2C)NCCc2cccs2)cc1. The van der Waals surface area contributed by atoms with Gasteiger partial charge in [0.15, 0.2) is 5.96 Å². The van der Waals surface area contributed by atoms with E-state index in [1.54, 1.807) is 17.5 Å². The molecule has 3 aromatic rings. The van der Waals surface area contributed by atoms with Crippen LogP contribution in [0.5, 0.6) is 5.75 Å². The highest BCUT2D eigenvalue weighted by atomic mass is 32.1. The van der Waals surface area contributed by atoms with Crippen molar-refractivity contribution >= 4 is 23.0 Å². The summed E-state index contributed by atoms with van der Waals surface area (Å²) >= 11 is 1.77. The summed E-state index contributed by atoms with van der Waals surface area (Å²) in [6.45, 7) is 5.41. The van der Waals surface area contributed by atoms with Crippen molar-refractivity contribution in [2.24, 2.45) is 12.0 Å². The first-order valence-electron chi connectivity index (χ1n) is 9.41. The Kier molecular flexibility index (Phi) is 7.08. The zero-order chi connectivity index (χ0) is 19.8. The molecule has 7 heteroatoms. The molecule has 2 N–H and O–H groups in total. The lowest BCUT2D eigenvalue weighted by Crippen LogP contribution is -2.32. The molecular formula is C21H27N5OS. The number of hydrogen-bond donors (Lipinski definition) is 2. The third kappa shape index (κ3) is 6.13. The monoisotopic (exact) mass is 397 g/mol. The number of nitrogens with one attached hydrogen (secondary N) is 2. The molecule has 0 aliphatic carbocycles. The van der Waals surface area contributed by atoms with Crippen LogP contribution in [-0.4, -0.2) is 28.4 Å². The number of hydrogen-bond acceptors (Lipinski definition) is 4. The Labute approximate surface area is 170 Å². The molecule has 2 aromatic heterocycles. The van der Waals surface area contributed by atoms with Gasteiger partial charge in [0.05, 0.1) is 18.3 Å². The Hall–Kier alpha value is -2.80. The molecule has 0 atom stereocenters. The van der Waals surface area contributed by atoms with Crippen molar-refractivity contribution in [1.82, 2.24) is 15.1 Å². The van der Waals surface area contributed by atoms with E-state index in [1.165, 1.54) is 4.88 Å². The lowest BCUT2D eigenvalue weighted by atomic mass is 10.3. The number of aromatic nitrogens is 2. The maximum absolute atomic E-state index is 5.71. The van der Waals surface area contributed by atoms with Gasteiger partial charge >= 0.3 is 0 Å². The van der Waals surface area contributed by atoms with E-state index in [-0.39, 0.29) is 6.10 Å². The zero-order valence-electron chi connectivity index (χ0n) is 16.6. The summed E-state index contributed by atoms with van der Waals surface area (Å²) in [6.07, 6.45) is 2.91. The maximum Gasteiger partial charge on any atom is 0.196 e. The number of guanidine groups is 1. The molecule has 0 aliphatic rings. The van der Waals surface area contributed by atoms with Gasteiger partial charge in [-0.1, -0.05) is 6.07 Å². The predicted molar refractivity (Wildman–Crippen MR) is 116 cm³/mol. The van der Waals surface area contributed by atoms with Crippen LogP contribution in [0.3, 0.4) is 0 Å². The minimum Gasteiger partial charge on any atom is -0.491 e. The summed E-state index contributed by atoms with van der Waals surface area (Å²) < 4.78 is 7.55. The number of rotatable bonds is 8. The smallest absolute Gasteiger partial charge is 0.196 e. The normalized spacial score (nSPS) is 11.6. The molecule has 0 saturated heterocycles. The van der Waals surface area contributed by atoms with E-state index < -0.39 is 0 Å². The Morgan fingerprint density at radius 3 is 2.68 bits per heavy atom. The molecule has 0 saturated carbocycles. The fourth-order valence-electron chi connectivity index (χ4n) is 2.64. The van der Waals surface area contributed by atoms with Gasteiger partial charge in [0.2, 0.25) is 0 Å². The number of aliphatic imine (C=N–C) groups is 1. The summed E-state index contributed by atoms with van der Waals surface area (Å²) in [5.74, 6) is 1.61. The molecule has 0 radical (unpaired) electrons. The molecule has 0 fully saturated rings. The van der Waals surface area contributed by atoms with Gasteiger partial charge in [-0.3, -0.25) is 4.68 Å². The van der Waals surface area contributed by atoms with Crippen LogP contribution in [0.1, 0.15) is 24.4 Å². The minimum atomic E-state index is 0.161. The average Bonchev–Trinajstić information content (AvgIpc) is 3.32. The molecule has 6 nitrogen and oxygen atoms in total. The molecule has 148 valence electrons. The topological polar surface area (TPSA) is 63.5 Å². The van der Waals surface area contributed by atoms with E-state index in [9.17, 15) is 0 Å². The average molecular weight is 398 g/mol. The highest BCUT2D eigenvalue weighted by molar-refractivity contribution is 7.09. The Bertz CT molecular complexity index is 869. The van der Waals surface area contributed by atoms with Crippen LogP contribution in [0.2, 0.25) is 0 Å². The highest BCUT2D eigenvalue weighted by Gasteiger charge is 2.04. The zero-order valence-corrected chi connectivity index (χ0v) is 17.4. The number of ether oxygens (including phenoxy) is 1. The van der Waals surface area contributed by atoms with Crippen LogP contribution in [0.25, 0.3) is 0 Å². The summed E-state index contributed by atoms with van der Waals surface area (Å²) in [7, 11) is 1.93. The first kappa shape index (κ1) is 19.9. The number of anilines is 1. The molecule has 3 rings (SSSR count). The Morgan fingerprint density at radius 1 is 1.21 bits per heavy atom. The molecule has 28 heavy (non-hydrogen) atoms. The second-order valence-electron chi connectivity index (χ2n) is 6.68. The summed E-state index contributed by atoms with van der Waals surface area (Å²) in [5.41, 5.74) is 2.02.